The fourth-order valence-electron chi connectivity index (χ4n) is 3.77. The minimum absolute atomic E-state index is 0.00192. The number of nitrogens with zero attached hydrogens (tertiary/aromatic N) is 1. The Labute approximate surface area is 189 Å². The number of ketones is 1. The maximum atomic E-state index is 13.0. The molecule has 164 valence electrons. The van der Waals surface area contributed by atoms with Crippen LogP contribution in [0.15, 0.2) is 46.4 Å². The molecule has 2 aromatic rings. The number of halogens is 1. The molecule has 2 aromatic carbocycles. The molecule has 1 atom stereocenters. The number of hydrogen-bond donors (Lipinski definition) is 1. The molecule has 8 heteroatoms. The third kappa shape index (κ3) is 3.99. The van der Waals surface area contributed by atoms with Gasteiger partial charge < -0.3 is 24.2 Å². The smallest absolute Gasteiger partial charge is 0.295 e. The molecule has 7 nitrogen and oxygen atoms in total. The molecule has 1 amide bonds. The van der Waals surface area contributed by atoms with Gasteiger partial charge in [0, 0.05) is 17.7 Å². The number of carbonyl (C=O) groups is 2. The van der Waals surface area contributed by atoms with E-state index in [1.807, 2.05) is 6.92 Å². The van der Waals surface area contributed by atoms with E-state index >= 15 is 0 Å². The molecule has 1 aliphatic rings. The van der Waals surface area contributed by atoms with Gasteiger partial charge in [0.05, 0.1) is 37.4 Å². The maximum Gasteiger partial charge on any atom is 0.295 e. The Balaban J connectivity index is 2.27. The maximum absolute atomic E-state index is 13.0. The average molecular weight is 490 g/mol. The monoisotopic (exact) mass is 489 g/mol. The van der Waals surface area contributed by atoms with E-state index in [1.165, 1.54) is 26.2 Å². The van der Waals surface area contributed by atoms with Gasteiger partial charge >= 0.3 is 0 Å². The Hall–Kier alpha value is -3.00. The predicted molar refractivity (Wildman–Crippen MR) is 120 cm³/mol. The zero-order chi connectivity index (χ0) is 22.7. The lowest BCUT2D eigenvalue weighted by molar-refractivity contribution is -0.139. The second kappa shape index (κ2) is 9.43. The lowest BCUT2D eigenvalue weighted by Crippen LogP contribution is -2.30. The molecule has 0 spiro atoms. The van der Waals surface area contributed by atoms with E-state index in [4.69, 9.17) is 14.2 Å². The highest BCUT2D eigenvalue weighted by molar-refractivity contribution is 9.10. The zero-order valence-electron chi connectivity index (χ0n) is 17.8. The number of carbonyl (C=O) groups excluding carboxylic acids is 2. The van der Waals surface area contributed by atoms with Crippen LogP contribution in [0.25, 0.3) is 5.76 Å². The molecule has 0 radical (unpaired) electrons. The van der Waals surface area contributed by atoms with Crippen molar-refractivity contribution in [3.05, 3.63) is 57.6 Å². The lowest BCUT2D eigenvalue weighted by atomic mass is 9.94. The molecule has 0 saturated carbocycles. The molecule has 1 aliphatic heterocycles. The van der Waals surface area contributed by atoms with E-state index < -0.39 is 17.7 Å². The number of aliphatic hydroxyl groups is 1. The van der Waals surface area contributed by atoms with Crippen LogP contribution in [-0.2, 0) is 9.59 Å². The molecule has 1 fully saturated rings. The highest BCUT2D eigenvalue weighted by atomic mass is 79.9. The van der Waals surface area contributed by atoms with Crippen LogP contribution in [0.1, 0.15) is 30.5 Å². The van der Waals surface area contributed by atoms with Crippen LogP contribution >= 0.6 is 15.9 Å². The van der Waals surface area contributed by atoms with Crippen LogP contribution in [0.4, 0.5) is 0 Å². The Bertz CT molecular complexity index is 1050. The summed E-state index contributed by atoms with van der Waals surface area (Å²) in [5, 5.41) is 11.2. The number of Topliss-reactive ketones (excluding diaryl/α,β-unsaturated/α-hetero) is 1. The molecule has 3 rings (SSSR count). The van der Waals surface area contributed by atoms with Crippen LogP contribution in [0.5, 0.6) is 17.2 Å². The van der Waals surface area contributed by atoms with Crippen LogP contribution in [0.2, 0.25) is 0 Å². The van der Waals surface area contributed by atoms with Crippen molar-refractivity contribution in [1.29, 1.82) is 0 Å². The molecule has 0 bridgehead atoms. The van der Waals surface area contributed by atoms with Crippen molar-refractivity contribution in [2.24, 2.45) is 0 Å². The van der Waals surface area contributed by atoms with Crippen molar-refractivity contribution in [3.63, 3.8) is 0 Å². The predicted octanol–water partition coefficient (Wildman–Crippen LogP) is 4.31. The minimum Gasteiger partial charge on any atom is -0.507 e. The standard InChI is InChI=1S/C23H24BrNO6/c1-5-11-25-19(14-7-6-8-17(30-3)22(14)31-4)18(21(27)23(25)28)20(26)13-9-10-16(29-2)15(24)12-13/h6-10,12,19,26H,5,11H2,1-4H3/b20-18+. The van der Waals surface area contributed by atoms with E-state index in [2.05, 4.69) is 15.9 Å². The first kappa shape index (κ1) is 22.7. The van der Waals surface area contributed by atoms with E-state index in [1.54, 1.807) is 36.4 Å². The minimum atomic E-state index is -0.814. The molecule has 1 saturated heterocycles. The van der Waals surface area contributed by atoms with Gasteiger partial charge in [-0.3, -0.25) is 9.59 Å². The van der Waals surface area contributed by atoms with Crippen LogP contribution in [0, 0.1) is 0 Å². The largest absolute Gasteiger partial charge is 0.507 e. The normalized spacial score (nSPS) is 17.7. The number of rotatable bonds is 7. The van der Waals surface area contributed by atoms with Gasteiger partial charge in [-0.1, -0.05) is 19.1 Å². The second-order valence-electron chi connectivity index (χ2n) is 6.92. The molecule has 31 heavy (non-hydrogen) atoms. The van der Waals surface area contributed by atoms with Crippen LogP contribution in [0.3, 0.4) is 0 Å². The molecule has 1 N–H and O–H groups in total. The summed E-state index contributed by atoms with van der Waals surface area (Å²) in [4.78, 5) is 27.4. The van der Waals surface area contributed by atoms with Crippen molar-refractivity contribution in [1.82, 2.24) is 4.90 Å². The highest BCUT2D eigenvalue weighted by Gasteiger charge is 2.47. The van der Waals surface area contributed by atoms with E-state index in [9.17, 15) is 14.7 Å². The number of benzene rings is 2. The fourth-order valence-corrected chi connectivity index (χ4v) is 4.31. The molecule has 1 unspecified atom stereocenters. The summed E-state index contributed by atoms with van der Waals surface area (Å²) in [6, 6.07) is 9.38. The number of ether oxygens (including phenoxy) is 3. The summed E-state index contributed by atoms with van der Waals surface area (Å²) in [6.07, 6.45) is 0.643. The SMILES string of the molecule is CCCN1C(=O)C(=O)/C(=C(/O)c2ccc(OC)c(Br)c2)C1c1cccc(OC)c1OC. The topological polar surface area (TPSA) is 85.3 Å². The van der Waals surface area contributed by atoms with Crippen molar-refractivity contribution >= 4 is 33.4 Å². The molecular formula is C23H24BrNO6. The number of amides is 1. The molecule has 0 aliphatic carbocycles. The Morgan fingerprint density at radius 3 is 2.35 bits per heavy atom. The van der Waals surface area contributed by atoms with Crippen LogP contribution < -0.4 is 14.2 Å². The molecular weight excluding hydrogens is 466 g/mol. The summed E-state index contributed by atoms with van der Waals surface area (Å²) in [5.74, 6) is -0.225. The van der Waals surface area contributed by atoms with Gasteiger partial charge in [0.2, 0.25) is 0 Å². The number of likely N-dealkylation sites (tertiary alicyclic amines) is 1. The van der Waals surface area contributed by atoms with Gasteiger partial charge in [-0.2, -0.15) is 0 Å². The van der Waals surface area contributed by atoms with Crippen LogP contribution in [-0.4, -0.2) is 49.6 Å². The quantitative estimate of drug-likeness (QED) is 0.354. The van der Waals surface area contributed by atoms with Crippen molar-refractivity contribution in [2.45, 2.75) is 19.4 Å². The van der Waals surface area contributed by atoms with Crippen molar-refractivity contribution < 1.29 is 28.9 Å². The Morgan fingerprint density at radius 1 is 1.06 bits per heavy atom. The molecule has 1 heterocycles. The number of para-hydroxylation sites is 1. The number of hydrogen-bond acceptors (Lipinski definition) is 6. The number of methoxy groups -OCH3 is 3. The highest BCUT2D eigenvalue weighted by Crippen LogP contribution is 2.45. The summed E-state index contributed by atoms with van der Waals surface area (Å²) in [5.41, 5.74) is 0.944. The van der Waals surface area contributed by atoms with Crippen molar-refractivity contribution in [3.8, 4) is 17.2 Å². The summed E-state index contributed by atoms with van der Waals surface area (Å²) in [7, 11) is 4.54. The average Bonchev–Trinajstić information content (AvgIpc) is 3.02. The Kier molecular flexibility index (Phi) is 6.90. The second-order valence-corrected chi connectivity index (χ2v) is 7.78. The van der Waals surface area contributed by atoms with Gasteiger partial charge in [-0.15, -0.1) is 0 Å². The van der Waals surface area contributed by atoms with Gasteiger partial charge in [0.15, 0.2) is 11.5 Å². The van der Waals surface area contributed by atoms with E-state index in [0.717, 1.165) is 0 Å². The summed E-state index contributed by atoms with van der Waals surface area (Å²) < 4.78 is 16.8. The first-order valence-corrected chi connectivity index (χ1v) is 10.5. The van der Waals surface area contributed by atoms with Gasteiger partial charge in [0.1, 0.15) is 11.5 Å². The molecule has 0 aromatic heterocycles. The van der Waals surface area contributed by atoms with Gasteiger partial charge in [0.25, 0.3) is 11.7 Å². The first-order valence-electron chi connectivity index (χ1n) is 9.72. The van der Waals surface area contributed by atoms with E-state index in [0.29, 0.717) is 45.8 Å². The lowest BCUT2D eigenvalue weighted by Gasteiger charge is -2.26. The summed E-state index contributed by atoms with van der Waals surface area (Å²) >= 11 is 3.39. The fraction of sp³-hybridized carbons (Fsp3) is 0.304. The van der Waals surface area contributed by atoms with Gasteiger partial charge in [-0.05, 0) is 46.6 Å². The van der Waals surface area contributed by atoms with Gasteiger partial charge in [-0.25, -0.2) is 0 Å². The van der Waals surface area contributed by atoms with Crippen molar-refractivity contribution in [2.75, 3.05) is 27.9 Å². The summed E-state index contributed by atoms with van der Waals surface area (Å²) in [6.45, 7) is 2.26. The Morgan fingerprint density at radius 2 is 1.77 bits per heavy atom. The third-order valence-electron chi connectivity index (χ3n) is 5.16. The number of aliphatic hydroxyl groups excluding tert-OH is 1. The first-order chi connectivity index (χ1) is 14.9. The van der Waals surface area contributed by atoms with E-state index in [-0.39, 0.29) is 11.3 Å². The third-order valence-corrected chi connectivity index (χ3v) is 5.78. The zero-order valence-corrected chi connectivity index (χ0v) is 19.4.